The zero-order chi connectivity index (χ0) is 15.0. The molecule has 20 heavy (non-hydrogen) atoms. The predicted molar refractivity (Wildman–Crippen MR) is 84.5 cm³/mol. The number of carbonyl (C=O) groups excluding carboxylic acids is 1. The molecule has 0 aromatic rings. The van der Waals surface area contributed by atoms with Gasteiger partial charge in [0.2, 0.25) is 5.91 Å². The molecule has 0 spiro atoms. The summed E-state index contributed by atoms with van der Waals surface area (Å²) in [6.45, 7) is 12.5. The summed E-state index contributed by atoms with van der Waals surface area (Å²) in [7, 11) is 0. The molecule has 1 aliphatic rings. The molecule has 1 amide bonds. The van der Waals surface area contributed by atoms with Crippen LogP contribution in [0.5, 0.6) is 0 Å². The van der Waals surface area contributed by atoms with Crippen LogP contribution in [0.1, 0.15) is 46.5 Å². The van der Waals surface area contributed by atoms with Crippen LogP contribution in [0.4, 0.5) is 0 Å². The average Bonchev–Trinajstić information content (AvgIpc) is 2.50. The van der Waals surface area contributed by atoms with Gasteiger partial charge in [-0.3, -0.25) is 4.79 Å². The molecule has 118 valence electrons. The second-order valence-corrected chi connectivity index (χ2v) is 6.09. The Balaban J connectivity index is 2.32. The minimum atomic E-state index is 0.137. The lowest BCUT2D eigenvalue weighted by Gasteiger charge is -2.35. The van der Waals surface area contributed by atoms with E-state index in [0.29, 0.717) is 12.5 Å². The van der Waals surface area contributed by atoms with Crippen LogP contribution < -0.4 is 5.73 Å². The first kappa shape index (κ1) is 17.4. The molecule has 4 nitrogen and oxygen atoms in total. The molecule has 1 atom stereocenters. The third-order valence-corrected chi connectivity index (χ3v) is 4.60. The summed E-state index contributed by atoms with van der Waals surface area (Å²) in [5.41, 5.74) is 5.52. The van der Waals surface area contributed by atoms with Crippen molar-refractivity contribution in [3.63, 3.8) is 0 Å². The Hall–Kier alpha value is -0.610. The number of nitrogens with zero attached hydrogens (tertiary/aromatic N) is 2. The monoisotopic (exact) mass is 283 g/mol. The second-order valence-electron chi connectivity index (χ2n) is 6.09. The van der Waals surface area contributed by atoms with E-state index in [1.165, 1.54) is 6.54 Å². The van der Waals surface area contributed by atoms with Crippen molar-refractivity contribution in [3.8, 4) is 0 Å². The maximum absolute atomic E-state index is 12.3. The Bertz CT molecular complexity index is 271. The summed E-state index contributed by atoms with van der Waals surface area (Å²) in [6, 6.07) is 0. The van der Waals surface area contributed by atoms with Gasteiger partial charge in [-0.2, -0.15) is 0 Å². The van der Waals surface area contributed by atoms with E-state index in [2.05, 4.69) is 23.6 Å². The van der Waals surface area contributed by atoms with Crippen LogP contribution in [0.15, 0.2) is 0 Å². The number of carbonyl (C=O) groups is 1. The molecule has 1 saturated heterocycles. The Kier molecular flexibility index (Phi) is 8.15. The number of rotatable bonds is 8. The van der Waals surface area contributed by atoms with Crippen molar-refractivity contribution in [1.29, 1.82) is 0 Å². The van der Waals surface area contributed by atoms with Crippen LogP contribution in [-0.4, -0.2) is 55.0 Å². The molecule has 4 heteroatoms. The maximum Gasteiger partial charge on any atom is 0.225 e. The first-order valence-corrected chi connectivity index (χ1v) is 8.33. The van der Waals surface area contributed by atoms with Gasteiger partial charge in [0.1, 0.15) is 0 Å². The van der Waals surface area contributed by atoms with Gasteiger partial charge in [-0.1, -0.05) is 20.8 Å². The SMILES string of the molecule is CCN(CC)CC1CCN(C(=O)C(C)CCCN)CC1. The molecule has 1 unspecified atom stereocenters. The summed E-state index contributed by atoms with van der Waals surface area (Å²) < 4.78 is 0. The van der Waals surface area contributed by atoms with E-state index in [0.717, 1.165) is 57.8 Å². The fourth-order valence-electron chi connectivity index (χ4n) is 3.04. The van der Waals surface area contributed by atoms with Crippen molar-refractivity contribution < 1.29 is 4.79 Å². The lowest BCUT2D eigenvalue weighted by Crippen LogP contribution is -2.43. The molecule has 0 bridgehead atoms. The van der Waals surface area contributed by atoms with Gasteiger partial charge in [-0.05, 0) is 51.2 Å². The molecule has 0 saturated carbocycles. The van der Waals surface area contributed by atoms with Crippen molar-refractivity contribution in [2.45, 2.75) is 46.5 Å². The highest BCUT2D eigenvalue weighted by Gasteiger charge is 2.26. The van der Waals surface area contributed by atoms with Crippen LogP contribution in [0.25, 0.3) is 0 Å². The van der Waals surface area contributed by atoms with Crippen molar-refractivity contribution in [1.82, 2.24) is 9.80 Å². The summed E-state index contributed by atoms with van der Waals surface area (Å²) in [6.07, 6.45) is 4.19. The fourth-order valence-corrected chi connectivity index (χ4v) is 3.04. The van der Waals surface area contributed by atoms with E-state index in [9.17, 15) is 4.79 Å². The van der Waals surface area contributed by atoms with Gasteiger partial charge in [0.15, 0.2) is 0 Å². The number of nitrogens with two attached hydrogens (primary N) is 1. The Morgan fingerprint density at radius 1 is 1.30 bits per heavy atom. The van der Waals surface area contributed by atoms with Crippen LogP contribution in [0.3, 0.4) is 0 Å². The van der Waals surface area contributed by atoms with Gasteiger partial charge in [0, 0.05) is 25.6 Å². The van der Waals surface area contributed by atoms with Crippen molar-refractivity contribution in [3.05, 3.63) is 0 Å². The number of hydrogen-bond donors (Lipinski definition) is 1. The number of likely N-dealkylation sites (tertiary alicyclic amines) is 1. The van der Waals surface area contributed by atoms with Crippen LogP contribution in [-0.2, 0) is 4.79 Å². The molecular weight excluding hydrogens is 250 g/mol. The third-order valence-electron chi connectivity index (χ3n) is 4.60. The van der Waals surface area contributed by atoms with Gasteiger partial charge in [0.05, 0.1) is 0 Å². The Morgan fingerprint density at radius 3 is 2.40 bits per heavy atom. The number of hydrogen-bond acceptors (Lipinski definition) is 3. The lowest BCUT2D eigenvalue weighted by molar-refractivity contribution is -0.136. The molecule has 1 fully saturated rings. The van der Waals surface area contributed by atoms with E-state index in [1.54, 1.807) is 0 Å². The van der Waals surface area contributed by atoms with E-state index < -0.39 is 0 Å². The number of piperidine rings is 1. The highest BCUT2D eigenvalue weighted by molar-refractivity contribution is 5.78. The summed E-state index contributed by atoms with van der Waals surface area (Å²) in [5, 5.41) is 0. The minimum Gasteiger partial charge on any atom is -0.342 e. The third kappa shape index (κ3) is 5.41. The Labute approximate surface area is 124 Å². The largest absolute Gasteiger partial charge is 0.342 e. The average molecular weight is 283 g/mol. The van der Waals surface area contributed by atoms with E-state index in [-0.39, 0.29) is 5.92 Å². The van der Waals surface area contributed by atoms with Crippen LogP contribution in [0.2, 0.25) is 0 Å². The summed E-state index contributed by atoms with van der Waals surface area (Å²) in [5.74, 6) is 1.23. The maximum atomic E-state index is 12.3. The quantitative estimate of drug-likeness (QED) is 0.740. The summed E-state index contributed by atoms with van der Waals surface area (Å²) in [4.78, 5) is 16.9. The van der Waals surface area contributed by atoms with Gasteiger partial charge in [-0.25, -0.2) is 0 Å². The normalized spacial score (nSPS) is 18.6. The van der Waals surface area contributed by atoms with E-state index in [1.807, 2.05) is 6.92 Å². The molecule has 0 radical (unpaired) electrons. The molecule has 1 aliphatic heterocycles. The van der Waals surface area contributed by atoms with Gasteiger partial charge in [0.25, 0.3) is 0 Å². The Morgan fingerprint density at radius 2 is 1.90 bits per heavy atom. The molecular formula is C16H33N3O. The van der Waals surface area contributed by atoms with Crippen LogP contribution >= 0.6 is 0 Å². The van der Waals surface area contributed by atoms with Gasteiger partial charge < -0.3 is 15.5 Å². The molecule has 1 heterocycles. The smallest absolute Gasteiger partial charge is 0.225 e. The van der Waals surface area contributed by atoms with Crippen LogP contribution in [0, 0.1) is 11.8 Å². The highest BCUT2D eigenvalue weighted by Crippen LogP contribution is 2.21. The molecule has 2 N–H and O–H groups in total. The van der Waals surface area contributed by atoms with Crippen molar-refractivity contribution in [2.24, 2.45) is 17.6 Å². The molecule has 0 aromatic carbocycles. The molecule has 0 aliphatic carbocycles. The van der Waals surface area contributed by atoms with E-state index >= 15 is 0 Å². The van der Waals surface area contributed by atoms with Gasteiger partial charge in [-0.15, -0.1) is 0 Å². The first-order chi connectivity index (χ1) is 9.62. The summed E-state index contributed by atoms with van der Waals surface area (Å²) >= 11 is 0. The second kappa shape index (κ2) is 9.35. The minimum absolute atomic E-state index is 0.137. The topological polar surface area (TPSA) is 49.6 Å². The van der Waals surface area contributed by atoms with Crippen molar-refractivity contribution >= 4 is 5.91 Å². The predicted octanol–water partition coefficient (Wildman–Crippen LogP) is 1.94. The number of amides is 1. The first-order valence-electron chi connectivity index (χ1n) is 8.33. The molecule has 0 aromatic heterocycles. The molecule has 1 rings (SSSR count). The van der Waals surface area contributed by atoms with Gasteiger partial charge >= 0.3 is 0 Å². The lowest BCUT2D eigenvalue weighted by atomic mass is 9.94. The zero-order valence-corrected chi connectivity index (χ0v) is 13.6. The zero-order valence-electron chi connectivity index (χ0n) is 13.6. The fraction of sp³-hybridized carbons (Fsp3) is 0.938. The van der Waals surface area contributed by atoms with E-state index in [4.69, 9.17) is 5.73 Å². The van der Waals surface area contributed by atoms with Crippen molar-refractivity contribution in [2.75, 3.05) is 39.3 Å². The highest BCUT2D eigenvalue weighted by atomic mass is 16.2. The standard InChI is InChI=1S/C16H33N3O/c1-4-18(5-2)13-15-8-11-19(12-9-15)16(20)14(3)7-6-10-17/h14-15H,4-13,17H2,1-3H3.